The fourth-order valence-electron chi connectivity index (χ4n) is 4.15. The van der Waals surface area contributed by atoms with Crippen molar-refractivity contribution in [3.63, 3.8) is 0 Å². The van der Waals surface area contributed by atoms with Gasteiger partial charge in [0, 0.05) is 18.0 Å². The Kier molecular flexibility index (Phi) is 3.89. The van der Waals surface area contributed by atoms with Crippen LogP contribution in [0.2, 0.25) is 5.02 Å². The molecule has 0 bridgehead atoms. The minimum atomic E-state index is 0.226. The van der Waals surface area contributed by atoms with Crippen LogP contribution in [0.5, 0.6) is 5.75 Å². The Balaban J connectivity index is 1.63. The summed E-state index contributed by atoms with van der Waals surface area (Å²) >= 11 is 6.13. The molecule has 128 valence electrons. The lowest BCUT2D eigenvalue weighted by molar-refractivity contribution is 0.190. The normalized spacial score (nSPS) is 19.6. The highest BCUT2D eigenvalue weighted by Gasteiger charge is 2.45. The van der Waals surface area contributed by atoms with Gasteiger partial charge in [-0.1, -0.05) is 16.8 Å². The molecule has 3 heterocycles. The number of nitrogen functional groups attached to an aromatic ring is 1. The number of halogens is 1. The van der Waals surface area contributed by atoms with Crippen LogP contribution in [0.3, 0.4) is 0 Å². The lowest BCUT2D eigenvalue weighted by atomic mass is 9.90. The van der Waals surface area contributed by atoms with Crippen LogP contribution in [-0.4, -0.2) is 40.8 Å². The summed E-state index contributed by atoms with van der Waals surface area (Å²) in [4.78, 5) is 7.18. The maximum Gasteiger partial charge on any atom is 0.261 e. The summed E-state index contributed by atoms with van der Waals surface area (Å²) in [5.41, 5.74) is 7.19. The summed E-state index contributed by atoms with van der Waals surface area (Å²) < 4.78 is 10.9. The quantitative estimate of drug-likeness (QED) is 0.855. The first-order valence-corrected chi connectivity index (χ1v) is 8.70. The Morgan fingerprint density at radius 1 is 1.33 bits per heavy atom. The van der Waals surface area contributed by atoms with Crippen molar-refractivity contribution in [2.24, 2.45) is 0 Å². The second-order valence-corrected chi connectivity index (χ2v) is 7.09. The fraction of sp³-hybridized carbons (Fsp3) is 0.529. The lowest BCUT2D eigenvalue weighted by Crippen LogP contribution is -2.40. The van der Waals surface area contributed by atoms with Gasteiger partial charge >= 0.3 is 0 Å². The number of nitrogens with two attached hydrogens (primary N) is 1. The molecule has 0 radical (unpaired) electrons. The van der Waals surface area contributed by atoms with Crippen molar-refractivity contribution in [3.05, 3.63) is 23.0 Å². The molecule has 0 aliphatic carbocycles. The summed E-state index contributed by atoms with van der Waals surface area (Å²) in [5.74, 6) is 1.74. The third-order valence-electron chi connectivity index (χ3n) is 5.32. The van der Waals surface area contributed by atoms with Gasteiger partial charge < -0.3 is 15.0 Å². The van der Waals surface area contributed by atoms with Crippen LogP contribution in [0.15, 0.2) is 16.7 Å². The van der Waals surface area contributed by atoms with Gasteiger partial charge in [-0.3, -0.25) is 4.90 Å². The number of benzene rings is 1. The molecule has 0 atom stereocenters. The maximum atomic E-state index is 6.13. The summed E-state index contributed by atoms with van der Waals surface area (Å²) in [5, 5.41) is 4.64. The highest BCUT2D eigenvalue weighted by molar-refractivity contribution is 6.33. The minimum Gasteiger partial charge on any atom is -0.496 e. The Morgan fingerprint density at radius 3 is 2.79 bits per heavy atom. The summed E-state index contributed by atoms with van der Waals surface area (Å²) in [6.07, 6.45) is 5.78. The summed E-state index contributed by atoms with van der Waals surface area (Å²) in [6.45, 7) is 2.37. The number of anilines is 1. The molecule has 2 aliphatic rings. The largest absolute Gasteiger partial charge is 0.496 e. The first-order valence-electron chi connectivity index (χ1n) is 8.32. The van der Waals surface area contributed by atoms with Crippen molar-refractivity contribution < 1.29 is 9.26 Å². The zero-order chi connectivity index (χ0) is 16.7. The molecule has 6 nitrogen and oxygen atoms in total. The average Bonchev–Trinajstić information content (AvgIpc) is 3.25. The molecular weight excluding hydrogens is 328 g/mol. The molecule has 2 fully saturated rings. The van der Waals surface area contributed by atoms with Crippen molar-refractivity contribution >= 4 is 17.3 Å². The molecule has 24 heavy (non-hydrogen) atoms. The van der Waals surface area contributed by atoms with E-state index < -0.39 is 0 Å². The molecule has 4 rings (SSSR count). The predicted molar refractivity (Wildman–Crippen MR) is 92.2 cm³/mol. The van der Waals surface area contributed by atoms with Crippen LogP contribution in [0.1, 0.15) is 31.5 Å². The van der Waals surface area contributed by atoms with Crippen LogP contribution in [0, 0.1) is 0 Å². The van der Waals surface area contributed by atoms with Crippen molar-refractivity contribution in [2.45, 2.75) is 37.6 Å². The predicted octanol–water partition coefficient (Wildman–Crippen LogP) is 3.15. The van der Waals surface area contributed by atoms with Gasteiger partial charge in [0.2, 0.25) is 0 Å². The summed E-state index contributed by atoms with van der Waals surface area (Å²) in [6, 6.07) is 3.39. The Bertz CT molecular complexity index is 751. The number of aromatic nitrogens is 2. The van der Waals surface area contributed by atoms with Gasteiger partial charge in [0.05, 0.1) is 23.4 Å². The highest BCUT2D eigenvalue weighted by Crippen LogP contribution is 2.41. The number of fused-ring (bicyclic) bond motifs is 1. The molecule has 2 saturated heterocycles. The number of rotatable bonds is 4. The van der Waals surface area contributed by atoms with E-state index in [2.05, 4.69) is 15.0 Å². The van der Waals surface area contributed by atoms with Gasteiger partial charge in [-0.05, 0) is 44.8 Å². The maximum absolute atomic E-state index is 6.13. The van der Waals surface area contributed by atoms with E-state index in [0.717, 1.165) is 12.2 Å². The average molecular weight is 349 g/mol. The van der Waals surface area contributed by atoms with E-state index in [1.807, 2.05) is 0 Å². The Labute approximate surface area is 145 Å². The molecule has 0 unspecified atom stereocenters. The molecule has 1 aromatic heterocycles. The number of nitrogens with zero attached hydrogens (tertiary/aromatic N) is 3. The van der Waals surface area contributed by atoms with Gasteiger partial charge in [-0.15, -0.1) is 0 Å². The van der Waals surface area contributed by atoms with Crippen LogP contribution in [0.25, 0.3) is 11.5 Å². The Morgan fingerprint density at radius 2 is 2.08 bits per heavy atom. The first kappa shape index (κ1) is 15.7. The van der Waals surface area contributed by atoms with E-state index in [9.17, 15) is 0 Å². The molecule has 0 spiro atoms. The number of hydrogen-bond donors (Lipinski definition) is 1. The Hall–Kier alpha value is -1.79. The third kappa shape index (κ3) is 2.54. The van der Waals surface area contributed by atoms with Crippen molar-refractivity contribution in [3.8, 4) is 17.2 Å². The third-order valence-corrected chi connectivity index (χ3v) is 5.64. The van der Waals surface area contributed by atoms with Crippen LogP contribution in [-0.2, 0) is 6.42 Å². The molecule has 1 aromatic carbocycles. The minimum absolute atomic E-state index is 0.226. The molecule has 2 aromatic rings. The molecular formula is C17H21ClN4O2. The summed E-state index contributed by atoms with van der Waals surface area (Å²) in [7, 11) is 1.58. The van der Waals surface area contributed by atoms with Crippen molar-refractivity contribution in [1.82, 2.24) is 15.0 Å². The van der Waals surface area contributed by atoms with E-state index in [1.165, 1.54) is 38.8 Å². The van der Waals surface area contributed by atoms with Crippen LogP contribution >= 0.6 is 11.6 Å². The monoisotopic (exact) mass is 348 g/mol. The fourth-order valence-corrected chi connectivity index (χ4v) is 4.31. The first-order chi connectivity index (χ1) is 11.6. The lowest BCUT2D eigenvalue weighted by Gasteiger charge is -2.30. The van der Waals surface area contributed by atoms with Gasteiger partial charge in [0.25, 0.3) is 5.89 Å². The SMILES string of the molecule is COc1cc(N)c(Cl)cc1-c1nc(CC23CCCN2CCC3)no1. The smallest absolute Gasteiger partial charge is 0.261 e. The molecule has 0 amide bonds. The van der Waals surface area contributed by atoms with E-state index in [-0.39, 0.29) is 5.54 Å². The van der Waals surface area contributed by atoms with Gasteiger partial charge in [-0.2, -0.15) is 4.98 Å². The van der Waals surface area contributed by atoms with E-state index in [1.54, 1.807) is 19.2 Å². The van der Waals surface area contributed by atoms with Gasteiger partial charge in [0.15, 0.2) is 5.82 Å². The zero-order valence-corrected chi connectivity index (χ0v) is 14.5. The van der Waals surface area contributed by atoms with Gasteiger partial charge in [-0.25, -0.2) is 0 Å². The standard InChI is InChI=1S/C17H21ClN4O2/c1-23-14-9-13(19)12(18)8-11(14)16-20-15(21-24-16)10-17-4-2-6-22(17)7-3-5-17/h8-9H,2-7,10,19H2,1H3. The highest BCUT2D eigenvalue weighted by atomic mass is 35.5. The van der Waals surface area contributed by atoms with E-state index in [4.69, 9.17) is 26.6 Å². The van der Waals surface area contributed by atoms with E-state index >= 15 is 0 Å². The zero-order valence-electron chi connectivity index (χ0n) is 13.7. The molecule has 2 N–H and O–H groups in total. The second kappa shape index (κ2) is 5.93. The van der Waals surface area contributed by atoms with Gasteiger partial charge in [0.1, 0.15) is 5.75 Å². The van der Waals surface area contributed by atoms with Crippen LogP contribution < -0.4 is 10.5 Å². The van der Waals surface area contributed by atoms with Crippen molar-refractivity contribution in [2.75, 3.05) is 25.9 Å². The molecule has 0 saturated carbocycles. The number of ether oxygens (including phenoxy) is 1. The second-order valence-electron chi connectivity index (χ2n) is 6.69. The van der Waals surface area contributed by atoms with Crippen molar-refractivity contribution in [1.29, 1.82) is 0 Å². The molecule has 7 heteroatoms. The number of methoxy groups -OCH3 is 1. The van der Waals surface area contributed by atoms with Crippen LogP contribution in [0.4, 0.5) is 5.69 Å². The molecule has 2 aliphatic heterocycles. The van der Waals surface area contributed by atoms with E-state index in [0.29, 0.717) is 27.9 Å². The topological polar surface area (TPSA) is 77.4 Å². The number of hydrogen-bond acceptors (Lipinski definition) is 6.